The number of hydrogen-bond acceptors (Lipinski definition) is 3. The van der Waals surface area contributed by atoms with Gasteiger partial charge in [-0.2, -0.15) is 10.4 Å². The van der Waals surface area contributed by atoms with E-state index in [9.17, 15) is 10.1 Å². The topological polar surface area (TPSA) is 70.7 Å². The molecule has 1 amide bonds. The minimum atomic E-state index is -0.429. The predicted octanol–water partition coefficient (Wildman–Crippen LogP) is 4.71. The third-order valence-electron chi connectivity index (χ3n) is 4.85. The van der Waals surface area contributed by atoms with Gasteiger partial charge in [-0.05, 0) is 51.5 Å². The Hall–Kier alpha value is -3.65. The molecule has 1 N–H and O–H groups in total. The maximum Gasteiger partial charge on any atom is 0.266 e. The summed E-state index contributed by atoms with van der Waals surface area (Å²) in [5, 5.41) is 16.9. The van der Waals surface area contributed by atoms with Crippen molar-refractivity contribution in [1.29, 1.82) is 5.26 Å². The summed E-state index contributed by atoms with van der Waals surface area (Å²) in [5.41, 5.74) is 6.67. The van der Waals surface area contributed by atoms with Crippen LogP contribution in [0.15, 0.2) is 54.1 Å². The Labute approximate surface area is 171 Å². The summed E-state index contributed by atoms with van der Waals surface area (Å²) in [6, 6.07) is 17.8. The summed E-state index contributed by atoms with van der Waals surface area (Å²) in [6.45, 7) is 8.51. The van der Waals surface area contributed by atoms with Crippen molar-refractivity contribution < 1.29 is 4.79 Å². The Morgan fingerprint density at radius 2 is 1.62 bits per heavy atom. The summed E-state index contributed by atoms with van der Waals surface area (Å²) >= 11 is 0. The molecule has 0 aliphatic heterocycles. The fourth-order valence-corrected chi connectivity index (χ4v) is 3.07. The van der Waals surface area contributed by atoms with Crippen LogP contribution in [-0.4, -0.2) is 15.7 Å². The van der Waals surface area contributed by atoms with Crippen LogP contribution in [0.3, 0.4) is 0 Å². The highest BCUT2D eigenvalue weighted by Crippen LogP contribution is 2.19. The van der Waals surface area contributed by atoms with Crippen LogP contribution in [0.4, 0.5) is 5.69 Å². The van der Waals surface area contributed by atoms with E-state index in [2.05, 4.69) is 41.6 Å². The van der Waals surface area contributed by atoms with E-state index in [1.54, 1.807) is 6.08 Å². The van der Waals surface area contributed by atoms with Gasteiger partial charge < -0.3 is 5.32 Å². The predicted molar refractivity (Wildman–Crippen MR) is 115 cm³/mol. The van der Waals surface area contributed by atoms with E-state index in [0.29, 0.717) is 12.2 Å². The number of nitrogens with one attached hydrogen (secondary N) is 1. The molecular weight excluding hydrogens is 360 g/mol. The van der Waals surface area contributed by atoms with Gasteiger partial charge in [-0.3, -0.25) is 9.48 Å². The van der Waals surface area contributed by atoms with Crippen molar-refractivity contribution in [2.45, 2.75) is 34.2 Å². The Kier molecular flexibility index (Phi) is 5.94. The van der Waals surface area contributed by atoms with Gasteiger partial charge in [0.1, 0.15) is 11.6 Å². The van der Waals surface area contributed by atoms with Gasteiger partial charge in [0.2, 0.25) is 0 Å². The third kappa shape index (κ3) is 4.80. The fraction of sp³-hybridized carbons (Fsp3) is 0.208. The minimum Gasteiger partial charge on any atom is -0.321 e. The molecule has 0 radical (unpaired) electrons. The van der Waals surface area contributed by atoms with E-state index in [1.165, 1.54) is 5.56 Å². The molecule has 146 valence electrons. The maximum atomic E-state index is 12.6. The Balaban J connectivity index is 1.84. The van der Waals surface area contributed by atoms with E-state index in [-0.39, 0.29) is 5.57 Å². The molecule has 0 unspecified atom stereocenters. The molecular formula is C24H24N4O. The van der Waals surface area contributed by atoms with Gasteiger partial charge in [-0.15, -0.1) is 0 Å². The first kappa shape index (κ1) is 20.1. The lowest BCUT2D eigenvalue weighted by Gasteiger charge is -2.06. The van der Waals surface area contributed by atoms with Gasteiger partial charge in [-0.25, -0.2) is 0 Å². The molecule has 3 aromatic rings. The standard InChI is InChI=1S/C24H24N4O/c1-16-5-9-20(10-6-16)15-28-19(4)23(18(3)27-28)13-21(14-25)24(29)26-22-11-7-17(2)8-12-22/h5-13H,15H2,1-4H3,(H,26,29)/b21-13+. The molecule has 2 aromatic carbocycles. The molecule has 0 bridgehead atoms. The third-order valence-corrected chi connectivity index (χ3v) is 4.85. The maximum absolute atomic E-state index is 12.6. The SMILES string of the molecule is Cc1ccc(Cn2nc(C)c(/C=C(\C#N)C(=O)Nc3ccc(C)cc3)c2C)cc1. The number of benzene rings is 2. The second-order valence-corrected chi connectivity index (χ2v) is 7.22. The lowest BCUT2D eigenvalue weighted by molar-refractivity contribution is -0.112. The summed E-state index contributed by atoms with van der Waals surface area (Å²) in [4.78, 5) is 12.6. The number of amides is 1. The summed E-state index contributed by atoms with van der Waals surface area (Å²) < 4.78 is 1.90. The lowest BCUT2D eigenvalue weighted by Crippen LogP contribution is -2.13. The largest absolute Gasteiger partial charge is 0.321 e. The molecule has 5 heteroatoms. The van der Waals surface area contributed by atoms with Crippen LogP contribution in [0.5, 0.6) is 0 Å². The number of anilines is 1. The fourth-order valence-electron chi connectivity index (χ4n) is 3.07. The van der Waals surface area contributed by atoms with Crippen LogP contribution in [-0.2, 0) is 11.3 Å². The molecule has 0 spiro atoms. The molecule has 29 heavy (non-hydrogen) atoms. The monoisotopic (exact) mass is 384 g/mol. The van der Waals surface area contributed by atoms with Crippen molar-refractivity contribution in [3.8, 4) is 6.07 Å². The van der Waals surface area contributed by atoms with Crippen LogP contribution in [0.25, 0.3) is 6.08 Å². The van der Waals surface area contributed by atoms with Crippen LogP contribution >= 0.6 is 0 Å². The van der Waals surface area contributed by atoms with Crippen molar-refractivity contribution in [2.75, 3.05) is 5.32 Å². The zero-order valence-electron chi connectivity index (χ0n) is 17.2. The Morgan fingerprint density at radius 3 is 2.21 bits per heavy atom. The van der Waals surface area contributed by atoms with Crippen LogP contribution < -0.4 is 5.32 Å². The van der Waals surface area contributed by atoms with Crippen LogP contribution in [0.1, 0.15) is 33.6 Å². The van der Waals surface area contributed by atoms with Gasteiger partial charge >= 0.3 is 0 Å². The zero-order chi connectivity index (χ0) is 21.0. The van der Waals surface area contributed by atoms with Gasteiger partial charge in [0.05, 0.1) is 12.2 Å². The number of rotatable bonds is 5. The highest BCUT2D eigenvalue weighted by atomic mass is 16.1. The first-order valence-corrected chi connectivity index (χ1v) is 9.46. The number of aryl methyl sites for hydroxylation is 3. The summed E-state index contributed by atoms with van der Waals surface area (Å²) in [6.07, 6.45) is 1.62. The van der Waals surface area contributed by atoms with Gasteiger partial charge in [0.25, 0.3) is 5.91 Å². The molecule has 0 fully saturated rings. The van der Waals surface area contributed by atoms with Crippen LogP contribution in [0.2, 0.25) is 0 Å². The van der Waals surface area contributed by atoms with Gasteiger partial charge in [0, 0.05) is 16.9 Å². The van der Waals surface area contributed by atoms with Gasteiger partial charge in [0.15, 0.2) is 0 Å². The quantitative estimate of drug-likeness (QED) is 0.511. The smallest absolute Gasteiger partial charge is 0.266 e. The van der Waals surface area contributed by atoms with E-state index >= 15 is 0 Å². The lowest BCUT2D eigenvalue weighted by atomic mass is 10.1. The normalized spacial score (nSPS) is 11.2. The first-order valence-electron chi connectivity index (χ1n) is 9.46. The molecule has 1 aromatic heterocycles. The Morgan fingerprint density at radius 1 is 1.03 bits per heavy atom. The zero-order valence-corrected chi connectivity index (χ0v) is 17.2. The van der Waals surface area contributed by atoms with Crippen molar-refractivity contribution in [2.24, 2.45) is 0 Å². The molecule has 0 aliphatic rings. The molecule has 1 heterocycles. The number of aromatic nitrogens is 2. The molecule has 0 saturated carbocycles. The number of carbonyl (C=O) groups is 1. The van der Waals surface area contributed by atoms with Crippen molar-refractivity contribution in [3.05, 3.63) is 87.7 Å². The molecule has 0 saturated heterocycles. The summed E-state index contributed by atoms with van der Waals surface area (Å²) in [5.74, 6) is -0.429. The van der Waals surface area contributed by atoms with Crippen LogP contribution in [0, 0.1) is 39.0 Å². The second kappa shape index (κ2) is 8.57. The number of carbonyl (C=O) groups excluding carboxylic acids is 1. The number of nitriles is 1. The molecule has 0 aliphatic carbocycles. The van der Waals surface area contributed by atoms with Gasteiger partial charge in [-0.1, -0.05) is 47.5 Å². The highest BCUT2D eigenvalue weighted by Gasteiger charge is 2.15. The van der Waals surface area contributed by atoms with E-state index in [1.807, 2.05) is 55.8 Å². The van der Waals surface area contributed by atoms with Crippen molar-refractivity contribution in [3.63, 3.8) is 0 Å². The average Bonchev–Trinajstić information content (AvgIpc) is 2.96. The molecule has 3 rings (SSSR count). The first-order chi connectivity index (χ1) is 13.9. The number of hydrogen-bond donors (Lipinski definition) is 1. The van der Waals surface area contributed by atoms with E-state index in [4.69, 9.17) is 0 Å². The minimum absolute atomic E-state index is 0.0478. The molecule has 0 atom stereocenters. The van der Waals surface area contributed by atoms with E-state index < -0.39 is 5.91 Å². The second-order valence-electron chi connectivity index (χ2n) is 7.22. The average molecular weight is 384 g/mol. The van der Waals surface area contributed by atoms with Crippen molar-refractivity contribution in [1.82, 2.24) is 9.78 Å². The van der Waals surface area contributed by atoms with Crippen molar-refractivity contribution >= 4 is 17.7 Å². The number of nitrogens with zero attached hydrogens (tertiary/aromatic N) is 3. The highest BCUT2D eigenvalue weighted by molar-refractivity contribution is 6.09. The Bertz CT molecular complexity index is 1100. The molecule has 5 nitrogen and oxygen atoms in total. The van der Waals surface area contributed by atoms with E-state index in [0.717, 1.165) is 28.1 Å². The summed E-state index contributed by atoms with van der Waals surface area (Å²) in [7, 11) is 0.